The minimum Gasteiger partial charge on any atom is -0.307 e. The fourth-order valence-corrected chi connectivity index (χ4v) is 1.90. The molecule has 1 aromatic rings. The molecule has 1 atom stereocenters. The van der Waals surface area contributed by atoms with Crippen LogP contribution in [0.4, 0.5) is 4.39 Å². The highest BCUT2D eigenvalue weighted by Gasteiger charge is 2.25. The normalized spacial score (nSPS) is 15.2. The molecular formula is C14H20FN3. The Balaban J connectivity index is 3.35. The quantitative estimate of drug-likeness (QED) is 0.779. The number of nitrogens with one attached hydrogen (secondary N) is 1. The van der Waals surface area contributed by atoms with Gasteiger partial charge in [-0.2, -0.15) is 0 Å². The van der Waals surface area contributed by atoms with Gasteiger partial charge in [-0.15, -0.1) is 0 Å². The molecule has 0 spiro atoms. The Labute approximate surface area is 107 Å². The van der Waals surface area contributed by atoms with E-state index in [0.29, 0.717) is 23.2 Å². The van der Waals surface area contributed by atoms with Gasteiger partial charge in [-0.25, -0.2) is 4.39 Å². The number of rotatable bonds is 5. The summed E-state index contributed by atoms with van der Waals surface area (Å²) in [5, 5.41) is 7.24. The Morgan fingerprint density at radius 2 is 2.28 bits per heavy atom. The Bertz CT molecular complexity index is 512. The number of hydrogen-bond donors (Lipinski definition) is 1. The average Bonchev–Trinajstić information content (AvgIpc) is 2.37. The minimum absolute atomic E-state index is 0.463. The maximum Gasteiger partial charge on any atom is 0.134 e. The number of alkyl halides is 1. The summed E-state index contributed by atoms with van der Waals surface area (Å²) >= 11 is 0. The van der Waals surface area contributed by atoms with Gasteiger partial charge in [0.1, 0.15) is 11.2 Å². The van der Waals surface area contributed by atoms with Gasteiger partial charge in [0.05, 0.1) is 5.70 Å². The molecule has 1 aromatic heterocycles. The van der Waals surface area contributed by atoms with E-state index in [-0.39, 0.29) is 0 Å². The molecule has 0 saturated carbocycles. The van der Waals surface area contributed by atoms with E-state index in [4.69, 9.17) is 5.41 Å². The van der Waals surface area contributed by atoms with Crippen LogP contribution in [0.25, 0.3) is 5.70 Å². The molecule has 4 heteroatoms. The number of allylic oxidation sites excluding steroid dienone is 1. The molecule has 1 N–H and O–H groups in total. The highest BCUT2D eigenvalue weighted by atomic mass is 19.1. The van der Waals surface area contributed by atoms with E-state index in [1.165, 1.54) is 0 Å². The van der Waals surface area contributed by atoms with Crippen molar-refractivity contribution < 1.29 is 4.39 Å². The maximum absolute atomic E-state index is 14.5. The fraction of sp³-hybridized carbons (Fsp3) is 0.429. The summed E-state index contributed by atoms with van der Waals surface area (Å²) in [6.45, 7) is 7.29. The largest absolute Gasteiger partial charge is 0.307 e. The van der Waals surface area contributed by atoms with Crippen LogP contribution >= 0.6 is 0 Å². The van der Waals surface area contributed by atoms with Crippen molar-refractivity contribution in [2.24, 2.45) is 4.99 Å². The number of halogens is 1. The van der Waals surface area contributed by atoms with Crippen LogP contribution in [-0.2, 0) is 5.67 Å². The number of aromatic nitrogens is 1. The lowest BCUT2D eigenvalue weighted by molar-refractivity contribution is 0.174. The van der Waals surface area contributed by atoms with E-state index in [2.05, 4.69) is 11.6 Å². The van der Waals surface area contributed by atoms with Crippen LogP contribution in [-0.4, -0.2) is 17.8 Å². The molecule has 1 rings (SSSR count). The lowest BCUT2D eigenvalue weighted by atomic mass is 9.94. The zero-order chi connectivity index (χ0) is 13.8. The van der Waals surface area contributed by atoms with E-state index in [1.54, 1.807) is 36.9 Å². The van der Waals surface area contributed by atoms with Crippen LogP contribution in [0, 0.1) is 5.41 Å². The second-order valence-corrected chi connectivity index (χ2v) is 4.45. The third kappa shape index (κ3) is 2.94. The molecule has 3 nitrogen and oxygen atoms in total. The van der Waals surface area contributed by atoms with Crippen molar-refractivity contribution in [2.45, 2.75) is 32.4 Å². The lowest BCUT2D eigenvalue weighted by Crippen LogP contribution is -2.24. The number of nitrogens with zero attached hydrogens (tertiary/aromatic N) is 2. The molecule has 0 bridgehead atoms. The number of hydrogen-bond acceptors (Lipinski definition) is 2. The Morgan fingerprint density at radius 3 is 2.78 bits per heavy atom. The molecule has 0 amide bonds. The summed E-state index contributed by atoms with van der Waals surface area (Å²) in [5.41, 5.74) is 0.328. The van der Waals surface area contributed by atoms with E-state index in [9.17, 15) is 4.39 Å². The third-order valence-corrected chi connectivity index (χ3v) is 2.95. The van der Waals surface area contributed by atoms with Crippen molar-refractivity contribution in [3.05, 3.63) is 36.0 Å². The van der Waals surface area contributed by atoms with Gasteiger partial charge in [-0.1, -0.05) is 26.0 Å². The summed E-state index contributed by atoms with van der Waals surface area (Å²) in [7, 11) is 1.66. The second kappa shape index (κ2) is 5.76. The second-order valence-electron chi connectivity index (χ2n) is 4.45. The first-order chi connectivity index (χ1) is 8.46. The van der Waals surface area contributed by atoms with Gasteiger partial charge in [-0.05, 0) is 19.4 Å². The van der Waals surface area contributed by atoms with Crippen molar-refractivity contribution in [1.82, 2.24) is 4.57 Å². The molecule has 0 aliphatic heterocycles. The Hall–Kier alpha value is -1.71. The average molecular weight is 249 g/mol. The summed E-state index contributed by atoms with van der Waals surface area (Å²) in [6.07, 6.45) is 4.05. The third-order valence-electron chi connectivity index (χ3n) is 2.95. The van der Waals surface area contributed by atoms with Crippen LogP contribution < -0.4 is 5.49 Å². The summed E-state index contributed by atoms with van der Waals surface area (Å²) in [5.74, 6) is 0. The Kier molecular flexibility index (Phi) is 4.59. The zero-order valence-corrected chi connectivity index (χ0v) is 11.2. The molecule has 0 aromatic carbocycles. The molecule has 1 heterocycles. The number of pyridine rings is 1. The van der Waals surface area contributed by atoms with Gasteiger partial charge in [-0.3, -0.25) is 4.99 Å². The highest BCUT2D eigenvalue weighted by molar-refractivity contribution is 5.99. The summed E-state index contributed by atoms with van der Waals surface area (Å²) in [6, 6.07) is 3.49. The summed E-state index contributed by atoms with van der Waals surface area (Å²) in [4.78, 5) is 4.09. The minimum atomic E-state index is -1.37. The fourth-order valence-electron chi connectivity index (χ4n) is 1.90. The standard InChI is InChI=1S/C14H20FN3/c1-5-8-14(3,15)12-6-7-13(17-4)18(10-12)11(2)9-16/h6-7,9-10,16H,2,5,8H2,1,3-4H3. The SMILES string of the molecule is C=C(C=N)n1cc(C(C)(F)CCC)ccc1=NC. The molecule has 0 aliphatic rings. The highest BCUT2D eigenvalue weighted by Crippen LogP contribution is 2.29. The van der Waals surface area contributed by atoms with E-state index in [1.807, 2.05) is 6.92 Å². The molecule has 0 aliphatic carbocycles. The molecule has 0 saturated heterocycles. The van der Waals surface area contributed by atoms with Gasteiger partial charge in [0.15, 0.2) is 0 Å². The molecule has 0 fully saturated rings. The van der Waals surface area contributed by atoms with E-state index < -0.39 is 5.67 Å². The maximum atomic E-state index is 14.5. The first-order valence-electron chi connectivity index (χ1n) is 6.01. The van der Waals surface area contributed by atoms with Gasteiger partial charge in [0, 0.05) is 25.0 Å². The Morgan fingerprint density at radius 1 is 1.61 bits per heavy atom. The van der Waals surface area contributed by atoms with Crippen molar-refractivity contribution in [3.63, 3.8) is 0 Å². The molecule has 18 heavy (non-hydrogen) atoms. The van der Waals surface area contributed by atoms with Crippen molar-refractivity contribution in [3.8, 4) is 0 Å². The molecule has 1 unspecified atom stereocenters. The van der Waals surface area contributed by atoms with Crippen molar-refractivity contribution in [2.75, 3.05) is 7.05 Å². The lowest BCUT2D eigenvalue weighted by Gasteiger charge is -2.21. The van der Waals surface area contributed by atoms with Crippen LogP contribution in [0.3, 0.4) is 0 Å². The van der Waals surface area contributed by atoms with Crippen LogP contribution in [0.15, 0.2) is 29.9 Å². The smallest absolute Gasteiger partial charge is 0.134 e. The summed E-state index contributed by atoms with van der Waals surface area (Å²) < 4.78 is 16.1. The van der Waals surface area contributed by atoms with Gasteiger partial charge >= 0.3 is 0 Å². The first-order valence-corrected chi connectivity index (χ1v) is 6.01. The molecular weight excluding hydrogens is 229 g/mol. The topological polar surface area (TPSA) is 41.1 Å². The van der Waals surface area contributed by atoms with Crippen LogP contribution in [0.2, 0.25) is 0 Å². The van der Waals surface area contributed by atoms with Crippen molar-refractivity contribution >= 4 is 11.9 Å². The van der Waals surface area contributed by atoms with Crippen LogP contribution in [0.1, 0.15) is 32.3 Å². The van der Waals surface area contributed by atoms with E-state index in [0.717, 1.165) is 12.6 Å². The van der Waals surface area contributed by atoms with Gasteiger partial charge in [0.25, 0.3) is 0 Å². The zero-order valence-electron chi connectivity index (χ0n) is 11.2. The van der Waals surface area contributed by atoms with E-state index >= 15 is 0 Å². The monoisotopic (exact) mass is 249 g/mol. The molecule has 0 radical (unpaired) electrons. The van der Waals surface area contributed by atoms with Gasteiger partial charge < -0.3 is 9.98 Å². The van der Waals surface area contributed by atoms with Crippen molar-refractivity contribution in [1.29, 1.82) is 5.41 Å². The predicted molar refractivity (Wildman–Crippen MR) is 73.4 cm³/mol. The molecule has 98 valence electrons. The van der Waals surface area contributed by atoms with Crippen LogP contribution in [0.5, 0.6) is 0 Å². The van der Waals surface area contributed by atoms with Gasteiger partial charge in [0.2, 0.25) is 0 Å². The first kappa shape index (κ1) is 14.4. The predicted octanol–water partition coefficient (Wildman–Crippen LogP) is 3.12.